The Bertz CT molecular complexity index is 587. The number of rotatable bonds is 4. The number of hydrogen-bond donors (Lipinski definition) is 1. The predicted octanol–water partition coefficient (Wildman–Crippen LogP) is 1.58. The highest BCUT2D eigenvalue weighted by Gasteiger charge is 2.35. The third-order valence-electron chi connectivity index (χ3n) is 3.19. The molecule has 1 atom stereocenters. The number of halogens is 1. The van der Waals surface area contributed by atoms with Gasteiger partial charge in [0.1, 0.15) is 0 Å². The molecule has 1 saturated heterocycles. The maximum absolute atomic E-state index is 12.2. The van der Waals surface area contributed by atoms with E-state index in [2.05, 4.69) is 0 Å². The first-order chi connectivity index (χ1) is 8.90. The summed E-state index contributed by atoms with van der Waals surface area (Å²) in [4.78, 5) is 10.8. The quantitative estimate of drug-likeness (QED) is 0.916. The minimum atomic E-state index is -3.52. The van der Waals surface area contributed by atoms with Crippen LogP contribution < -0.4 is 0 Å². The van der Waals surface area contributed by atoms with Crippen molar-refractivity contribution in [3.05, 3.63) is 34.9 Å². The molecule has 1 aliphatic rings. The van der Waals surface area contributed by atoms with Gasteiger partial charge in [0.2, 0.25) is 10.0 Å². The number of carbonyl (C=O) groups is 1. The Morgan fingerprint density at radius 3 is 2.68 bits per heavy atom. The van der Waals surface area contributed by atoms with Crippen molar-refractivity contribution in [1.29, 1.82) is 0 Å². The van der Waals surface area contributed by atoms with E-state index in [1.807, 2.05) is 0 Å². The average Bonchev–Trinajstić information content (AvgIpc) is 2.82. The van der Waals surface area contributed by atoms with Crippen molar-refractivity contribution < 1.29 is 18.3 Å². The van der Waals surface area contributed by atoms with Crippen molar-refractivity contribution in [3.63, 3.8) is 0 Å². The highest BCUT2D eigenvalue weighted by molar-refractivity contribution is 7.88. The first-order valence-electron chi connectivity index (χ1n) is 5.84. The number of sulfonamides is 1. The lowest BCUT2D eigenvalue weighted by Gasteiger charge is -2.16. The molecule has 1 heterocycles. The van der Waals surface area contributed by atoms with Crippen LogP contribution in [-0.4, -0.2) is 36.9 Å². The average molecular weight is 304 g/mol. The van der Waals surface area contributed by atoms with Crippen LogP contribution in [0, 0.1) is 5.92 Å². The minimum Gasteiger partial charge on any atom is -0.481 e. The third kappa shape index (κ3) is 3.26. The molecule has 1 aromatic rings. The molecule has 0 aromatic heterocycles. The van der Waals surface area contributed by atoms with Gasteiger partial charge in [0, 0.05) is 18.1 Å². The number of nitrogens with zero attached hydrogens (tertiary/aromatic N) is 1. The molecule has 104 valence electrons. The van der Waals surface area contributed by atoms with Crippen LogP contribution in [0.15, 0.2) is 24.3 Å². The molecule has 0 radical (unpaired) electrons. The van der Waals surface area contributed by atoms with Gasteiger partial charge in [-0.2, -0.15) is 0 Å². The van der Waals surface area contributed by atoms with Crippen LogP contribution in [-0.2, 0) is 20.6 Å². The molecule has 1 fully saturated rings. The fraction of sp³-hybridized carbons (Fsp3) is 0.417. The molecule has 0 bridgehead atoms. The topological polar surface area (TPSA) is 74.7 Å². The van der Waals surface area contributed by atoms with E-state index in [9.17, 15) is 13.2 Å². The molecular formula is C12H14ClNO4S. The number of aliphatic carboxylic acids is 1. The monoisotopic (exact) mass is 303 g/mol. The Kier molecular flexibility index (Phi) is 4.13. The summed E-state index contributed by atoms with van der Waals surface area (Å²) < 4.78 is 25.6. The van der Waals surface area contributed by atoms with Crippen molar-refractivity contribution in [2.24, 2.45) is 5.92 Å². The lowest BCUT2D eigenvalue weighted by atomic mass is 10.1. The largest absolute Gasteiger partial charge is 0.481 e. The number of carboxylic acid groups (broad SMARTS) is 1. The third-order valence-corrected chi connectivity index (χ3v) is 5.35. The normalized spacial score (nSPS) is 20.6. The second kappa shape index (κ2) is 5.48. The second-order valence-electron chi connectivity index (χ2n) is 4.53. The highest BCUT2D eigenvalue weighted by atomic mass is 35.5. The fourth-order valence-electron chi connectivity index (χ4n) is 2.09. The second-order valence-corrected chi connectivity index (χ2v) is 6.91. The molecule has 1 unspecified atom stereocenters. The van der Waals surface area contributed by atoms with Gasteiger partial charge in [0.05, 0.1) is 11.7 Å². The van der Waals surface area contributed by atoms with Crippen molar-refractivity contribution in [1.82, 2.24) is 4.31 Å². The van der Waals surface area contributed by atoms with E-state index in [0.717, 1.165) is 0 Å². The zero-order valence-electron chi connectivity index (χ0n) is 10.1. The minimum absolute atomic E-state index is 0.0438. The lowest BCUT2D eigenvalue weighted by Crippen LogP contribution is -2.31. The number of hydrogen-bond acceptors (Lipinski definition) is 3. The van der Waals surface area contributed by atoms with Crippen molar-refractivity contribution in [3.8, 4) is 0 Å². The Morgan fingerprint density at radius 1 is 1.42 bits per heavy atom. The number of benzene rings is 1. The van der Waals surface area contributed by atoms with Gasteiger partial charge >= 0.3 is 5.97 Å². The molecule has 5 nitrogen and oxygen atoms in total. The summed E-state index contributed by atoms with van der Waals surface area (Å²) in [6.45, 7) is 0.297. The van der Waals surface area contributed by atoms with Crippen molar-refractivity contribution >= 4 is 27.6 Å². The molecule has 0 aliphatic carbocycles. The Hall–Kier alpha value is -1.11. The van der Waals surface area contributed by atoms with Gasteiger partial charge in [-0.3, -0.25) is 4.79 Å². The van der Waals surface area contributed by atoms with E-state index in [1.54, 1.807) is 24.3 Å². The summed E-state index contributed by atoms with van der Waals surface area (Å²) in [5.74, 6) is -1.75. The molecule has 1 aromatic carbocycles. The van der Waals surface area contributed by atoms with E-state index >= 15 is 0 Å². The smallest absolute Gasteiger partial charge is 0.307 e. The fourth-order valence-corrected chi connectivity index (χ4v) is 3.99. The van der Waals surface area contributed by atoms with E-state index in [0.29, 0.717) is 17.0 Å². The van der Waals surface area contributed by atoms with Crippen molar-refractivity contribution in [2.75, 3.05) is 13.1 Å². The summed E-state index contributed by atoms with van der Waals surface area (Å²) in [6, 6.07) is 6.75. The van der Waals surface area contributed by atoms with Crippen LogP contribution in [0.25, 0.3) is 0 Å². The Morgan fingerprint density at radius 2 is 2.11 bits per heavy atom. The first kappa shape index (κ1) is 14.3. The molecule has 1 N–H and O–H groups in total. The molecule has 1 aliphatic heterocycles. The van der Waals surface area contributed by atoms with Crippen LogP contribution in [0.3, 0.4) is 0 Å². The molecule has 2 rings (SSSR count). The summed E-state index contributed by atoms with van der Waals surface area (Å²) in [5.41, 5.74) is 0.531. The first-order valence-corrected chi connectivity index (χ1v) is 7.83. The zero-order chi connectivity index (χ0) is 14.0. The van der Waals surface area contributed by atoms with Crippen LogP contribution in [0.5, 0.6) is 0 Å². The summed E-state index contributed by atoms with van der Waals surface area (Å²) in [6.07, 6.45) is 0.358. The Labute approximate surface area is 116 Å². The van der Waals surface area contributed by atoms with Gasteiger partial charge in [-0.1, -0.05) is 29.8 Å². The van der Waals surface area contributed by atoms with E-state index < -0.39 is 21.9 Å². The van der Waals surface area contributed by atoms with Crippen LogP contribution in [0.4, 0.5) is 0 Å². The van der Waals surface area contributed by atoms with E-state index in [4.69, 9.17) is 16.7 Å². The van der Waals surface area contributed by atoms with Gasteiger partial charge in [0.15, 0.2) is 0 Å². The van der Waals surface area contributed by atoms with Gasteiger partial charge in [-0.25, -0.2) is 12.7 Å². The maximum Gasteiger partial charge on any atom is 0.307 e. The van der Waals surface area contributed by atoms with Gasteiger partial charge < -0.3 is 5.11 Å². The zero-order valence-corrected chi connectivity index (χ0v) is 11.7. The number of carboxylic acids is 1. The molecule has 0 amide bonds. The molecule has 7 heteroatoms. The SMILES string of the molecule is O=C(O)C1CCN(S(=O)(=O)Cc2ccccc2Cl)C1. The molecular weight excluding hydrogens is 290 g/mol. The van der Waals surface area contributed by atoms with Crippen LogP contribution in [0.1, 0.15) is 12.0 Å². The lowest BCUT2D eigenvalue weighted by molar-refractivity contribution is -0.141. The maximum atomic E-state index is 12.2. The molecule has 19 heavy (non-hydrogen) atoms. The Balaban J connectivity index is 2.12. The predicted molar refractivity (Wildman–Crippen MR) is 71.4 cm³/mol. The summed E-state index contributed by atoms with van der Waals surface area (Å²) >= 11 is 5.94. The van der Waals surface area contributed by atoms with Gasteiger partial charge in [-0.05, 0) is 18.1 Å². The molecule has 0 saturated carbocycles. The summed E-state index contributed by atoms with van der Waals surface area (Å²) in [7, 11) is -3.52. The van der Waals surface area contributed by atoms with Crippen LogP contribution in [0.2, 0.25) is 5.02 Å². The van der Waals surface area contributed by atoms with Gasteiger partial charge in [0.25, 0.3) is 0 Å². The summed E-state index contributed by atoms with van der Waals surface area (Å²) in [5, 5.41) is 9.29. The molecule has 0 spiro atoms. The highest BCUT2D eigenvalue weighted by Crippen LogP contribution is 2.24. The van der Waals surface area contributed by atoms with E-state index in [1.165, 1.54) is 4.31 Å². The van der Waals surface area contributed by atoms with Gasteiger partial charge in [-0.15, -0.1) is 0 Å². The van der Waals surface area contributed by atoms with Crippen LogP contribution >= 0.6 is 11.6 Å². The van der Waals surface area contributed by atoms with E-state index in [-0.39, 0.29) is 18.8 Å². The standard InChI is InChI=1S/C12H14ClNO4S/c13-11-4-2-1-3-10(11)8-19(17,18)14-6-5-9(7-14)12(15)16/h1-4,9H,5-8H2,(H,15,16). The van der Waals surface area contributed by atoms with Crippen molar-refractivity contribution in [2.45, 2.75) is 12.2 Å².